The summed E-state index contributed by atoms with van der Waals surface area (Å²) in [5.41, 5.74) is 0.912. The molecule has 1 aromatic heterocycles. The van der Waals surface area contributed by atoms with Crippen LogP contribution in [-0.2, 0) is 11.3 Å². The lowest BCUT2D eigenvalue weighted by atomic mass is 10.3. The van der Waals surface area contributed by atoms with Crippen LogP contribution in [0.2, 0.25) is 0 Å². The SMILES string of the molecule is CC(C)NCc1cnc(OCCOC(C)C)cn1. The molecule has 1 aromatic rings. The monoisotopic (exact) mass is 253 g/mol. The third kappa shape index (κ3) is 6.51. The van der Waals surface area contributed by atoms with Crippen LogP contribution in [0.25, 0.3) is 0 Å². The van der Waals surface area contributed by atoms with Crippen molar-refractivity contribution in [3.63, 3.8) is 0 Å². The van der Waals surface area contributed by atoms with E-state index in [2.05, 4.69) is 29.1 Å². The highest BCUT2D eigenvalue weighted by molar-refractivity contribution is 5.07. The molecular weight excluding hydrogens is 230 g/mol. The smallest absolute Gasteiger partial charge is 0.232 e. The number of ether oxygens (including phenoxy) is 2. The third-order valence-electron chi connectivity index (χ3n) is 2.16. The van der Waals surface area contributed by atoms with Crippen LogP contribution in [0.15, 0.2) is 12.4 Å². The van der Waals surface area contributed by atoms with E-state index in [1.807, 2.05) is 13.8 Å². The average Bonchev–Trinajstić information content (AvgIpc) is 2.33. The third-order valence-corrected chi connectivity index (χ3v) is 2.16. The maximum atomic E-state index is 5.42. The van der Waals surface area contributed by atoms with Gasteiger partial charge in [-0.05, 0) is 13.8 Å². The lowest BCUT2D eigenvalue weighted by molar-refractivity contribution is 0.0541. The van der Waals surface area contributed by atoms with Gasteiger partial charge in [0.1, 0.15) is 6.61 Å². The van der Waals surface area contributed by atoms with E-state index in [0.717, 1.165) is 12.2 Å². The standard InChI is InChI=1S/C13H23N3O2/c1-10(2)14-7-12-8-16-13(9-15-12)18-6-5-17-11(3)4/h8-11,14H,5-7H2,1-4H3. The zero-order valence-corrected chi connectivity index (χ0v) is 11.6. The van der Waals surface area contributed by atoms with E-state index in [1.54, 1.807) is 12.4 Å². The summed E-state index contributed by atoms with van der Waals surface area (Å²) in [5, 5.41) is 3.28. The molecule has 0 aliphatic carbocycles. The molecule has 1 N–H and O–H groups in total. The minimum atomic E-state index is 0.226. The minimum Gasteiger partial charge on any atom is -0.474 e. The molecule has 0 saturated heterocycles. The molecule has 0 saturated carbocycles. The average molecular weight is 253 g/mol. The lowest BCUT2D eigenvalue weighted by Gasteiger charge is -2.09. The molecule has 0 fully saturated rings. The molecule has 5 heteroatoms. The minimum absolute atomic E-state index is 0.226. The van der Waals surface area contributed by atoms with Gasteiger partial charge in [0.2, 0.25) is 5.88 Å². The molecule has 0 atom stereocenters. The van der Waals surface area contributed by atoms with E-state index in [9.17, 15) is 0 Å². The molecule has 0 aliphatic rings. The summed E-state index contributed by atoms with van der Waals surface area (Å²) >= 11 is 0. The van der Waals surface area contributed by atoms with Gasteiger partial charge in [0.05, 0.1) is 30.8 Å². The normalized spacial score (nSPS) is 11.2. The van der Waals surface area contributed by atoms with Crippen molar-refractivity contribution in [3.05, 3.63) is 18.1 Å². The topological polar surface area (TPSA) is 56.3 Å². The van der Waals surface area contributed by atoms with Crippen LogP contribution < -0.4 is 10.1 Å². The summed E-state index contributed by atoms with van der Waals surface area (Å²) in [7, 11) is 0. The van der Waals surface area contributed by atoms with Gasteiger partial charge in [0.15, 0.2) is 0 Å². The molecule has 0 radical (unpaired) electrons. The highest BCUT2D eigenvalue weighted by Crippen LogP contribution is 2.04. The van der Waals surface area contributed by atoms with Gasteiger partial charge < -0.3 is 14.8 Å². The van der Waals surface area contributed by atoms with E-state index in [4.69, 9.17) is 9.47 Å². The Hall–Kier alpha value is -1.20. The van der Waals surface area contributed by atoms with Gasteiger partial charge in [-0.15, -0.1) is 0 Å². The van der Waals surface area contributed by atoms with Crippen LogP contribution in [-0.4, -0.2) is 35.3 Å². The van der Waals surface area contributed by atoms with Crippen LogP contribution in [0.3, 0.4) is 0 Å². The fourth-order valence-electron chi connectivity index (χ4n) is 1.25. The highest BCUT2D eigenvalue weighted by atomic mass is 16.5. The van der Waals surface area contributed by atoms with E-state index in [0.29, 0.717) is 25.1 Å². The Morgan fingerprint density at radius 3 is 2.44 bits per heavy atom. The quantitative estimate of drug-likeness (QED) is 0.716. The predicted octanol–water partition coefficient (Wildman–Crippen LogP) is 1.78. The van der Waals surface area contributed by atoms with Gasteiger partial charge in [-0.2, -0.15) is 0 Å². The van der Waals surface area contributed by atoms with Crippen molar-refractivity contribution in [1.29, 1.82) is 0 Å². The van der Waals surface area contributed by atoms with Gasteiger partial charge in [0, 0.05) is 12.6 Å². The predicted molar refractivity (Wildman–Crippen MR) is 70.6 cm³/mol. The first-order valence-corrected chi connectivity index (χ1v) is 6.36. The number of hydrogen-bond acceptors (Lipinski definition) is 5. The van der Waals surface area contributed by atoms with Gasteiger partial charge in [-0.1, -0.05) is 13.8 Å². The first-order valence-electron chi connectivity index (χ1n) is 6.36. The molecule has 5 nitrogen and oxygen atoms in total. The van der Waals surface area contributed by atoms with Gasteiger partial charge in [-0.3, -0.25) is 4.98 Å². The Bertz CT molecular complexity index is 326. The Labute approximate surface area is 109 Å². The molecule has 1 heterocycles. The number of nitrogens with zero attached hydrogens (tertiary/aromatic N) is 2. The summed E-state index contributed by atoms with van der Waals surface area (Å²) in [6.45, 7) is 9.97. The van der Waals surface area contributed by atoms with Crippen LogP contribution in [0.5, 0.6) is 5.88 Å². The second-order valence-electron chi connectivity index (χ2n) is 4.65. The maximum Gasteiger partial charge on any atom is 0.232 e. The van der Waals surface area contributed by atoms with Crippen molar-refractivity contribution in [2.45, 2.75) is 46.4 Å². The first-order chi connectivity index (χ1) is 8.58. The number of aromatic nitrogens is 2. The zero-order valence-electron chi connectivity index (χ0n) is 11.6. The van der Waals surface area contributed by atoms with E-state index >= 15 is 0 Å². The van der Waals surface area contributed by atoms with Crippen LogP contribution in [0.1, 0.15) is 33.4 Å². The fourth-order valence-corrected chi connectivity index (χ4v) is 1.25. The van der Waals surface area contributed by atoms with Gasteiger partial charge in [-0.25, -0.2) is 4.98 Å². The van der Waals surface area contributed by atoms with E-state index in [-0.39, 0.29) is 6.10 Å². The summed E-state index contributed by atoms with van der Waals surface area (Å²) in [5.74, 6) is 0.538. The Balaban J connectivity index is 2.27. The second kappa shape index (κ2) is 8.00. The second-order valence-corrected chi connectivity index (χ2v) is 4.65. The summed E-state index contributed by atoms with van der Waals surface area (Å²) in [6, 6.07) is 0.441. The molecule has 0 aromatic carbocycles. The number of nitrogens with one attached hydrogen (secondary N) is 1. The summed E-state index contributed by atoms with van der Waals surface area (Å²) in [4.78, 5) is 8.47. The molecule has 0 aliphatic heterocycles. The van der Waals surface area contributed by atoms with Crippen molar-refractivity contribution in [3.8, 4) is 5.88 Å². The summed E-state index contributed by atoms with van der Waals surface area (Å²) in [6.07, 6.45) is 3.60. The van der Waals surface area contributed by atoms with Crippen molar-refractivity contribution < 1.29 is 9.47 Å². The summed E-state index contributed by atoms with van der Waals surface area (Å²) < 4.78 is 10.8. The molecule has 0 unspecified atom stereocenters. The van der Waals surface area contributed by atoms with Gasteiger partial charge in [0.25, 0.3) is 0 Å². The van der Waals surface area contributed by atoms with E-state index in [1.165, 1.54) is 0 Å². The maximum absolute atomic E-state index is 5.42. The molecule has 102 valence electrons. The molecular formula is C13H23N3O2. The Morgan fingerprint density at radius 1 is 1.11 bits per heavy atom. The molecule has 0 bridgehead atoms. The number of rotatable bonds is 8. The van der Waals surface area contributed by atoms with Crippen molar-refractivity contribution in [2.75, 3.05) is 13.2 Å². The molecule has 0 spiro atoms. The van der Waals surface area contributed by atoms with Gasteiger partial charge >= 0.3 is 0 Å². The van der Waals surface area contributed by atoms with Crippen molar-refractivity contribution in [2.24, 2.45) is 0 Å². The van der Waals surface area contributed by atoms with Crippen molar-refractivity contribution >= 4 is 0 Å². The van der Waals surface area contributed by atoms with Crippen LogP contribution >= 0.6 is 0 Å². The molecule has 1 rings (SSSR count). The van der Waals surface area contributed by atoms with Crippen LogP contribution in [0.4, 0.5) is 0 Å². The lowest BCUT2D eigenvalue weighted by Crippen LogP contribution is -2.22. The highest BCUT2D eigenvalue weighted by Gasteiger charge is 2.00. The zero-order chi connectivity index (χ0) is 13.4. The first kappa shape index (κ1) is 14.9. The molecule has 0 amide bonds. The van der Waals surface area contributed by atoms with Crippen molar-refractivity contribution in [1.82, 2.24) is 15.3 Å². The molecule has 18 heavy (non-hydrogen) atoms. The fraction of sp³-hybridized carbons (Fsp3) is 0.692. The largest absolute Gasteiger partial charge is 0.474 e. The van der Waals surface area contributed by atoms with Crippen LogP contribution in [0, 0.1) is 0 Å². The number of hydrogen-bond donors (Lipinski definition) is 1. The Kier molecular flexibility index (Phi) is 6.60. The van der Waals surface area contributed by atoms with E-state index < -0.39 is 0 Å². The Morgan fingerprint density at radius 2 is 1.89 bits per heavy atom.